The molecule has 30 heavy (non-hydrogen) atoms. The van der Waals surface area contributed by atoms with Crippen molar-refractivity contribution in [2.75, 3.05) is 0 Å². The molecule has 0 atom stereocenters. The van der Waals surface area contributed by atoms with Gasteiger partial charge < -0.3 is 9.16 Å². The number of carbonyl (C=O) groups excluding carboxylic acids is 1. The summed E-state index contributed by atoms with van der Waals surface area (Å²) in [6.45, 7) is 12.2. The summed E-state index contributed by atoms with van der Waals surface area (Å²) in [7, 11) is -2.82. The van der Waals surface area contributed by atoms with E-state index in [1.54, 1.807) is 6.20 Å². The van der Waals surface area contributed by atoms with Crippen molar-refractivity contribution in [2.45, 2.75) is 52.2 Å². The molecule has 0 aliphatic rings. The summed E-state index contributed by atoms with van der Waals surface area (Å²) in [6, 6.07) is 24.4. The van der Waals surface area contributed by atoms with Crippen molar-refractivity contribution < 1.29 is 14.0 Å². The standard InChI is InChI=1S/C25H31NO3Si/c1-24(2,3)28-23(27)26-19-13-18-22(26)29-30(25(4,5)6,20-14-9-7-10-15-20)21-16-11-8-12-17-21/h7-19H,1-6H3. The lowest BCUT2D eigenvalue weighted by Crippen LogP contribution is -2.69. The molecule has 0 unspecified atom stereocenters. The summed E-state index contributed by atoms with van der Waals surface area (Å²) in [6.07, 6.45) is 1.25. The SMILES string of the molecule is CC(C)(C)OC(=O)n1cccc1O[Si](c1ccccc1)(c1ccccc1)C(C)(C)C. The van der Waals surface area contributed by atoms with Crippen LogP contribution in [0.2, 0.25) is 5.04 Å². The molecule has 0 fully saturated rings. The first-order chi connectivity index (χ1) is 14.0. The predicted octanol–water partition coefficient (Wildman–Crippen LogP) is 5.21. The predicted molar refractivity (Wildman–Crippen MR) is 124 cm³/mol. The van der Waals surface area contributed by atoms with Crippen molar-refractivity contribution in [3.8, 4) is 5.88 Å². The van der Waals surface area contributed by atoms with E-state index in [1.807, 2.05) is 69.3 Å². The number of carbonyl (C=O) groups is 1. The van der Waals surface area contributed by atoms with E-state index >= 15 is 0 Å². The molecule has 0 saturated heterocycles. The summed E-state index contributed by atoms with van der Waals surface area (Å²) >= 11 is 0. The normalized spacial score (nSPS) is 12.5. The van der Waals surface area contributed by atoms with Crippen molar-refractivity contribution in [1.29, 1.82) is 0 Å². The molecule has 1 aromatic heterocycles. The average molecular weight is 422 g/mol. The third-order valence-electron chi connectivity index (χ3n) is 4.98. The number of benzene rings is 2. The van der Waals surface area contributed by atoms with Crippen molar-refractivity contribution >= 4 is 24.8 Å². The topological polar surface area (TPSA) is 40.5 Å². The molecule has 0 bridgehead atoms. The smallest absolute Gasteiger partial charge is 0.421 e. The third-order valence-corrected chi connectivity index (χ3v) is 9.90. The number of nitrogens with zero attached hydrogens (tertiary/aromatic N) is 1. The molecule has 0 N–H and O–H groups in total. The first-order valence-corrected chi connectivity index (χ1v) is 12.2. The van der Waals surface area contributed by atoms with E-state index in [-0.39, 0.29) is 5.04 Å². The quantitative estimate of drug-likeness (QED) is 0.543. The fourth-order valence-electron chi connectivity index (χ4n) is 3.72. The van der Waals surface area contributed by atoms with Gasteiger partial charge in [0.05, 0.1) is 0 Å². The van der Waals surface area contributed by atoms with Gasteiger partial charge in [0.1, 0.15) is 5.60 Å². The third kappa shape index (κ3) is 4.36. The molecule has 0 spiro atoms. The Balaban J connectivity index is 2.17. The Morgan fingerprint density at radius 1 is 0.767 bits per heavy atom. The van der Waals surface area contributed by atoms with Gasteiger partial charge in [-0.15, -0.1) is 0 Å². The van der Waals surface area contributed by atoms with Crippen LogP contribution in [0.3, 0.4) is 0 Å². The van der Waals surface area contributed by atoms with Gasteiger partial charge in [-0.3, -0.25) is 0 Å². The van der Waals surface area contributed by atoms with Crippen LogP contribution in [0.4, 0.5) is 4.79 Å². The zero-order chi connectivity index (χ0) is 22.0. The molecule has 3 aromatic rings. The molecule has 0 aliphatic carbocycles. The second-order valence-electron chi connectivity index (χ2n) is 9.46. The van der Waals surface area contributed by atoms with Crippen LogP contribution in [0.25, 0.3) is 0 Å². The van der Waals surface area contributed by atoms with Crippen LogP contribution in [-0.4, -0.2) is 24.6 Å². The van der Waals surface area contributed by atoms with E-state index in [4.69, 9.17) is 9.16 Å². The largest absolute Gasteiger partial charge is 0.522 e. The van der Waals surface area contributed by atoms with Crippen LogP contribution in [-0.2, 0) is 4.74 Å². The molecule has 3 rings (SSSR count). The van der Waals surface area contributed by atoms with E-state index in [2.05, 4.69) is 45.0 Å². The van der Waals surface area contributed by atoms with Crippen LogP contribution in [0.1, 0.15) is 41.5 Å². The average Bonchev–Trinajstić information content (AvgIpc) is 3.13. The van der Waals surface area contributed by atoms with Crippen LogP contribution in [0.15, 0.2) is 79.0 Å². The van der Waals surface area contributed by atoms with Crippen LogP contribution in [0, 0.1) is 0 Å². The lowest BCUT2D eigenvalue weighted by molar-refractivity contribution is 0.0529. The van der Waals surface area contributed by atoms with Gasteiger partial charge in [0.25, 0.3) is 0 Å². The highest BCUT2D eigenvalue weighted by Gasteiger charge is 2.52. The van der Waals surface area contributed by atoms with Crippen molar-refractivity contribution in [3.63, 3.8) is 0 Å². The van der Waals surface area contributed by atoms with Crippen LogP contribution < -0.4 is 14.8 Å². The Morgan fingerprint density at radius 3 is 1.70 bits per heavy atom. The molecule has 0 amide bonds. The lowest BCUT2D eigenvalue weighted by atomic mass is 10.2. The zero-order valence-electron chi connectivity index (χ0n) is 18.7. The van der Waals surface area contributed by atoms with E-state index in [0.29, 0.717) is 5.88 Å². The van der Waals surface area contributed by atoms with Gasteiger partial charge in [0.2, 0.25) is 0 Å². The molecular formula is C25H31NO3Si. The second kappa shape index (κ2) is 8.15. The van der Waals surface area contributed by atoms with Crippen molar-refractivity contribution in [1.82, 2.24) is 4.57 Å². The van der Waals surface area contributed by atoms with E-state index in [9.17, 15) is 4.79 Å². The Hall–Kier alpha value is -2.79. The molecule has 5 heteroatoms. The summed E-state index contributed by atoms with van der Waals surface area (Å²) in [4.78, 5) is 12.8. The van der Waals surface area contributed by atoms with E-state index in [1.165, 1.54) is 4.57 Å². The lowest BCUT2D eigenvalue weighted by Gasteiger charge is -2.42. The maximum Gasteiger partial charge on any atom is 0.421 e. The summed E-state index contributed by atoms with van der Waals surface area (Å²) in [5.74, 6) is 0.499. The van der Waals surface area contributed by atoms with Gasteiger partial charge in [0, 0.05) is 6.20 Å². The minimum atomic E-state index is -2.82. The van der Waals surface area contributed by atoms with Crippen molar-refractivity contribution in [3.05, 3.63) is 79.0 Å². The molecule has 0 aliphatic heterocycles. The minimum absolute atomic E-state index is 0.196. The first-order valence-electron chi connectivity index (χ1n) is 10.3. The Morgan fingerprint density at radius 2 is 1.27 bits per heavy atom. The Bertz CT molecular complexity index is 943. The summed E-state index contributed by atoms with van der Waals surface area (Å²) in [5, 5.41) is 2.11. The van der Waals surface area contributed by atoms with Gasteiger partial charge >= 0.3 is 14.4 Å². The Labute approximate surface area is 180 Å². The highest BCUT2D eigenvalue weighted by atomic mass is 28.4. The molecule has 0 saturated carbocycles. The number of aromatic nitrogens is 1. The van der Waals surface area contributed by atoms with Gasteiger partial charge in [-0.25, -0.2) is 9.36 Å². The van der Waals surface area contributed by atoms with E-state index < -0.39 is 20.0 Å². The summed E-state index contributed by atoms with van der Waals surface area (Å²) < 4.78 is 14.0. The van der Waals surface area contributed by atoms with Crippen LogP contribution >= 0.6 is 0 Å². The highest BCUT2D eigenvalue weighted by molar-refractivity contribution is 7.00. The first kappa shape index (κ1) is 21.9. The number of ether oxygens (including phenoxy) is 1. The van der Waals surface area contributed by atoms with Crippen LogP contribution in [0.5, 0.6) is 5.88 Å². The monoisotopic (exact) mass is 421 g/mol. The zero-order valence-corrected chi connectivity index (χ0v) is 19.7. The Kier molecular flexibility index (Phi) is 5.95. The van der Waals surface area contributed by atoms with E-state index in [0.717, 1.165) is 10.4 Å². The van der Waals surface area contributed by atoms with Crippen molar-refractivity contribution in [2.24, 2.45) is 0 Å². The molecule has 158 valence electrons. The fourth-order valence-corrected chi connectivity index (χ4v) is 8.13. The van der Waals surface area contributed by atoms with Gasteiger partial charge in [-0.05, 0) is 48.3 Å². The maximum absolute atomic E-state index is 12.8. The summed E-state index contributed by atoms with van der Waals surface area (Å²) in [5.41, 5.74) is -0.587. The highest BCUT2D eigenvalue weighted by Crippen LogP contribution is 2.37. The fraction of sp³-hybridized carbons (Fsp3) is 0.320. The molecule has 0 radical (unpaired) electrons. The number of hydrogen-bond donors (Lipinski definition) is 0. The van der Waals surface area contributed by atoms with Gasteiger partial charge in [-0.1, -0.05) is 81.4 Å². The number of hydrogen-bond acceptors (Lipinski definition) is 3. The minimum Gasteiger partial charge on any atom is -0.522 e. The molecule has 4 nitrogen and oxygen atoms in total. The molecule has 2 aromatic carbocycles. The maximum atomic E-state index is 12.8. The van der Waals surface area contributed by atoms with Gasteiger partial charge in [0.15, 0.2) is 5.88 Å². The number of rotatable bonds is 4. The second-order valence-corrected chi connectivity index (χ2v) is 13.7. The molecule has 1 heterocycles. The van der Waals surface area contributed by atoms with Gasteiger partial charge in [-0.2, -0.15) is 0 Å². The molecular weight excluding hydrogens is 390 g/mol.